The molecule has 4 aromatic rings. The van der Waals surface area contributed by atoms with Gasteiger partial charge in [-0.2, -0.15) is 0 Å². The minimum atomic E-state index is -0.0142. The molecule has 0 aliphatic heterocycles. The predicted molar refractivity (Wildman–Crippen MR) is 92.7 cm³/mol. The van der Waals surface area contributed by atoms with Gasteiger partial charge in [-0.15, -0.1) is 0 Å². The summed E-state index contributed by atoms with van der Waals surface area (Å²) >= 11 is 0. The average Bonchev–Trinajstić information content (AvgIpc) is 3.21. The molecule has 0 saturated carbocycles. The summed E-state index contributed by atoms with van der Waals surface area (Å²) in [4.78, 5) is 20.1. The average molecular weight is 334 g/mol. The number of para-hydroxylation sites is 1. The molecule has 0 atom stereocenters. The number of nitrogens with two attached hydrogens (primary N) is 2. The van der Waals surface area contributed by atoms with E-state index in [9.17, 15) is 4.79 Å². The summed E-state index contributed by atoms with van der Waals surface area (Å²) in [5.74, 6) is 0.583. The molecule has 4 rings (SSSR count). The van der Waals surface area contributed by atoms with E-state index in [4.69, 9.17) is 11.5 Å². The molecule has 0 fully saturated rings. The number of carbonyl (C=O) groups excluding carboxylic acids is 1. The van der Waals surface area contributed by atoms with E-state index >= 15 is 0 Å². The molecule has 0 aliphatic carbocycles. The quantitative estimate of drug-likeness (QED) is 0.384. The summed E-state index contributed by atoms with van der Waals surface area (Å²) < 4.78 is 4.61. The molecular weight excluding hydrogens is 320 g/mol. The van der Waals surface area contributed by atoms with E-state index in [-0.39, 0.29) is 18.0 Å². The zero-order valence-electron chi connectivity index (χ0n) is 13.1. The van der Waals surface area contributed by atoms with Crippen LogP contribution in [-0.4, -0.2) is 26.1 Å². The van der Waals surface area contributed by atoms with E-state index < -0.39 is 0 Å². The van der Waals surface area contributed by atoms with Crippen LogP contribution in [0.25, 0.3) is 22.6 Å². The number of nitrogen functional groups attached to an aromatic ring is 2. The first-order valence-corrected chi connectivity index (χ1v) is 7.56. The Labute approximate surface area is 141 Å². The Hall–Kier alpha value is -3.68. The zero-order chi connectivity index (χ0) is 17.4. The van der Waals surface area contributed by atoms with Crippen LogP contribution < -0.4 is 11.5 Å². The van der Waals surface area contributed by atoms with Crippen LogP contribution in [0.3, 0.4) is 0 Å². The lowest BCUT2D eigenvalue weighted by Gasteiger charge is -2.03. The summed E-state index contributed by atoms with van der Waals surface area (Å²) in [5, 5.41) is 7.29. The number of aromatic nitrogens is 4. The van der Waals surface area contributed by atoms with Gasteiger partial charge in [0, 0.05) is 17.7 Å². The lowest BCUT2D eigenvalue weighted by atomic mass is 10.0. The van der Waals surface area contributed by atoms with Crippen molar-refractivity contribution < 1.29 is 9.42 Å². The molecule has 25 heavy (non-hydrogen) atoms. The number of ketones is 1. The van der Waals surface area contributed by atoms with Crippen molar-refractivity contribution in [1.29, 1.82) is 0 Å². The number of benzene rings is 2. The number of rotatable bonds is 4. The molecule has 0 amide bonds. The van der Waals surface area contributed by atoms with Gasteiger partial charge in [0.05, 0.1) is 11.0 Å². The van der Waals surface area contributed by atoms with Gasteiger partial charge in [0.25, 0.3) is 0 Å². The van der Waals surface area contributed by atoms with Crippen LogP contribution in [0, 0.1) is 0 Å². The van der Waals surface area contributed by atoms with E-state index in [0.29, 0.717) is 28.3 Å². The van der Waals surface area contributed by atoms with E-state index in [1.54, 1.807) is 24.3 Å². The Morgan fingerprint density at radius 1 is 1.08 bits per heavy atom. The van der Waals surface area contributed by atoms with E-state index in [2.05, 4.69) is 24.9 Å². The molecule has 0 saturated heterocycles. The Balaban J connectivity index is 1.70. The minimum absolute atomic E-state index is 0.0142. The number of fused-ring (bicyclic) bond motifs is 1. The number of aromatic amines is 1. The molecule has 5 N–H and O–H groups in total. The van der Waals surface area contributed by atoms with Crippen LogP contribution in [-0.2, 0) is 6.42 Å². The van der Waals surface area contributed by atoms with Gasteiger partial charge < -0.3 is 16.5 Å². The number of anilines is 2. The van der Waals surface area contributed by atoms with Crippen LogP contribution in [0.15, 0.2) is 47.1 Å². The van der Waals surface area contributed by atoms with Crippen molar-refractivity contribution in [2.75, 3.05) is 11.5 Å². The second-order valence-corrected chi connectivity index (χ2v) is 5.62. The second kappa shape index (κ2) is 5.75. The van der Waals surface area contributed by atoms with Crippen molar-refractivity contribution in [3.8, 4) is 11.5 Å². The maximum Gasteiger partial charge on any atom is 0.199 e. The first kappa shape index (κ1) is 14.9. The second-order valence-electron chi connectivity index (χ2n) is 5.62. The summed E-state index contributed by atoms with van der Waals surface area (Å²) in [5.41, 5.74) is 15.2. The summed E-state index contributed by atoms with van der Waals surface area (Å²) in [6.45, 7) is 0. The number of hydrogen-bond acceptors (Lipinski definition) is 7. The third-order valence-corrected chi connectivity index (χ3v) is 3.92. The van der Waals surface area contributed by atoms with Crippen molar-refractivity contribution in [2.45, 2.75) is 6.42 Å². The number of nitrogens with zero attached hydrogens (tertiary/aromatic N) is 3. The molecule has 0 bridgehead atoms. The molecule has 2 aromatic heterocycles. The Morgan fingerprint density at radius 3 is 2.60 bits per heavy atom. The highest BCUT2D eigenvalue weighted by atomic mass is 16.6. The van der Waals surface area contributed by atoms with E-state index in [1.807, 2.05) is 18.2 Å². The fourth-order valence-corrected chi connectivity index (χ4v) is 2.65. The van der Waals surface area contributed by atoms with Crippen molar-refractivity contribution in [3.05, 3.63) is 53.6 Å². The van der Waals surface area contributed by atoms with Gasteiger partial charge >= 0.3 is 0 Å². The van der Waals surface area contributed by atoms with Gasteiger partial charge in [-0.25, -0.2) is 9.61 Å². The lowest BCUT2D eigenvalue weighted by molar-refractivity contribution is 0.0993. The normalized spacial score (nSPS) is 11.0. The van der Waals surface area contributed by atoms with Crippen LogP contribution >= 0.6 is 0 Å². The van der Waals surface area contributed by atoms with Crippen LogP contribution in [0.1, 0.15) is 15.9 Å². The van der Waals surface area contributed by atoms with Crippen LogP contribution in [0.2, 0.25) is 0 Å². The van der Waals surface area contributed by atoms with Gasteiger partial charge in [0.1, 0.15) is 0 Å². The first-order valence-electron chi connectivity index (χ1n) is 7.56. The number of imidazole rings is 1. The molecule has 8 nitrogen and oxygen atoms in total. The number of carbonyl (C=O) groups is 1. The van der Waals surface area contributed by atoms with Gasteiger partial charge in [0.2, 0.25) is 0 Å². The molecule has 2 aromatic carbocycles. The third-order valence-electron chi connectivity index (χ3n) is 3.92. The van der Waals surface area contributed by atoms with Gasteiger partial charge in [-0.1, -0.05) is 12.1 Å². The van der Waals surface area contributed by atoms with Crippen molar-refractivity contribution in [1.82, 2.24) is 20.3 Å². The van der Waals surface area contributed by atoms with E-state index in [0.717, 1.165) is 11.1 Å². The fraction of sp³-hybridized carbons (Fsp3) is 0.0588. The topological polar surface area (TPSA) is 137 Å². The highest BCUT2D eigenvalue weighted by Crippen LogP contribution is 2.25. The number of Topliss-reactive ketones (excluding diaryl/α,β-unsaturated/α-hetero) is 1. The highest BCUT2D eigenvalue weighted by molar-refractivity contribution is 5.99. The van der Waals surface area contributed by atoms with E-state index in [1.165, 1.54) is 0 Å². The Morgan fingerprint density at radius 2 is 1.88 bits per heavy atom. The lowest BCUT2D eigenvalue weighted by Crippen LogP contribution is -2.04. The number of hydrogen-bond donors (Lipinski definition) is 3. The van der Waals surface area contributed by atoms with Crippen molar-refractivity contribution >= 4 is 28.3 Å². The molecular formula is C17H14N6O2. The number of nitrogens with one attached hydrogen (secondary N) is 1. The standard InChI is InChI=1S/C17H14N6O2/c18-11-6-4-9(5-7-11)13(24)8-10-2-1-3-12-14(10)21-17(20-12)15-16(19)23-25-22-15/h1-7H,8,18H2,(H2,19,23)(H,20,21). The fourth-order valence-electron chi connectivity index (χ4n) is 2.65. The molecule has 0 aliphatic rings. The molecule has 0 radical (unpaired) electrons. The maximum absolute atomic E-state index is 12.5. The Kier molecular flexibility index (Phi) is 3.42. The SMILES string of the molecule is Nc1ccc(C(=O)Cc2cccc3[nH]c(-c4nonc4N)nc23)cc1. The number of H-pyrrole nitrogens is 1. The zero-order valence-corrected chi connectivity index (χ0v) is 13.1. The molecule has 124 valence electrons. The first-order chi connectivity index (χ1) is 12.1. The minimum Gasteiger partial charge on any atom is -0.399 e. The summed E-state index contributed by atoms with van der Waals surface area (Å²) in [6, 6.07) is 12.5. The summed E-state index contributed by atoms with van der Waals surface area (Å²) in [6.07, 6.45) is 0.220. The predicted octanol–water partition coefficient (Wildman–Crippen LogP) is 2.20. The highest BCUT2D eigenvalue weighted by Gasteiger charge is 2.17. The van der Waals surface area contributed by atoms with Crippen LogP contribution in [0.5, 0.6) is 0 Å². The van der Waals surface area contributed by atoms with Crippen LogP contribution in [0.4, 0.5) is 11.5 Å². The van der Waals surface area contributed by atoms with Gasteiger partial charge in [0.15, 0.2) is 23.1 Å². The largest absolute Gasteiger partial charge is 0.399 e. The molecule has 2 heterocycles. The van der Waals surface area contributed by atoms with Gasteiger partial charge in [-0.05, 0) is 46.2 Å². The van der Waals surface area contributed by atoms with Crippen molar-refractivity contribution in [3.63, 3.8) is 0 Å². The third kappa shape index (κ3) is 2.69. The monoisotopic (exact) mass is 334 g/mol. The van der Waals surface area contributed by atoms with Gasteiger partial charge in [-0.3, -0.25) is 4.79 Å². The maximum atomic E-state index is 12.5. The summed E-state index contributed by atoms with van der Waals surface area (Å²) in [7, 11) is 0. The Bertz CT molecular complexity index is 1060. The molecule has 8 heteroatoms. The smallest absolute Gasteiger partial charge is 0.199 e. The molecule has 0 spiro atoms. The van der Waals surface area contributed by atoms with Crippen molar-refractivity contribution in [2.24, 2.45) is 0 Å². The molecule has 0 unspecified atom stereocenters.